The van der Waals surface area contributed by atoms with Crippen molar-refractivity contribution in [2.45, 2.75) is 18.7 Å². The largest absolute Gasteiger partial charge is 0.309 e. The van der Waals surface area contributed by atoms with Gasteiger partial charge >= 0.3 is 0 Å². The predicted molar refractivity (Wildman–Crippen MR) is 82.7 cm³/mol. The van der Waals surface area contributed by atoms with E-state index >= 15 is 0 Å². The number of aldehydes is 1. The average Bonchev–Trinajstić information content (AvgIpc) is 2.49. The number of anilines is 1. The molecular formula is C15H20N2O2S. The van der Waals surface area contributed by atoms with Crippen LogP contribution in [0.25, 0.3) is 0 Å². The molecule has 0 radical (unpaired) electrons. The molecule has 0 atom stereocenters. The van der Waals surface area contributed by atoms with Gasteiger partial charge in [-0.1, -0.05) is 19.9 Å². The van der Waals surface area contributed by atoms with Crippen molar-refractivity contribution in [1.82, 2.24) is 4.90 Å². The highest BCUT2D eigenvalue weighted by Crippen LogP contribution is 2.35. The number of hydrogen-bond acceptors (Lipinski definition) is 4. The van der Waals surface area contributed by atoms with E-state index < -0.39 is 0 Å². The molecule has 1 aromatic carbocycles. The van der Waals surface area contributed by atoms with Crippen LogP contribution in [0.5, 0.6) is 0 Å². The molecule has 20 heavy (non-hydrogen) atoms. The number of rotatable bonds is 6. The van der Waals surface area contributed by atoms with Crippen LogP contribution in [0.4, 0.5) is 5.69 Å². The van der Waals surface area contributed by atoms with E-state index in [9.17, 15) is 9.59 Å². The minimum absolute atomic E-state index is 0.123. The van der Waals surface area contributed by atoms with Crippen molar-refractivity contribution in [2.24, 2.45) is 0 Å². The molecule has 4 nitrogen and oxygen atoms in total. The van der Waals surface area contributed by atoms with Crippen LogP contribution < -0.4 is 4.90 Å². The van der Waals surface area contributed by atoms with Crippen LogP contribution in [0.15, 0.2) is 23.1 Å². The molecule has 5 heteroatoms. The quantitative estimate of drug-likeness (QED) is 0.754. The van der Waals surface area contributed by atoms with Gasteiger partial charge in [0.1, 0.15) is 6.29 Å². The summed E-state index contributed by atoms with van der Waals surface area (Å²) in [6.07, 6.45) is 0.826. The van der Waals surface area contributed by atoms with Crippen LogP contribution in [-0.2, 0) is 4.79 Å². The molecule has 2 rings (SSSR count). The Morgan fingerprint density at radius 1 is 1.35 bits per heavy atom. The zero-order chi connectivity index (χ0) is 14.5. The van der Waals surface area contributed by atoms with Gasteiger partial charge in [0.2, 0.25) is 5.91 Å². The van der Waals surface area contributed by atoms with E-state index in [0.29, 0.717) is 17.9 Å². The highest BCUT2D eigenvalue weighted by atomic mass is 32.2. The van der Waals surface area contributed by atoms with Crippen LogP contribution in [0.2, 0.25) is 0 Å². The summed E-state index contributed by atoms with van der Waals surface area (Å²) in [4.78, 5) is 28.2. The van der Waals surface area contributed by atoms with Crippen LogP contribution in [-0.4, -0.2) is 49.0 Å². The summed E-state index contributed by atoms with van der Waals surface area (Å²) in [5, 5.41) is 0. The van der Waals surface area contributed by atoms with Crippen molar-refractivity contribution in [3.63, 3.8) is 0 Å². The number of thioether (sulfide) groups is 1. The first-order valence-electron chi connectivity index (χ1n) is 6.94. The summed E-state index contributed by atoms with van der Waals surface area (Å²) >= 11 is 1.54. The molecule has 1 aromatic rings. The van der Waals surface area contributed by atoms with Crippen molar-refractivity contribution < 1.29 is 9.59 Å². The molecule has 0 spiro atoms. The minimum Gasteiger partial charge on any atom is -0.309 e. The lowest BCUT2D eigenvalue weighted by atomic mass is 10.2. The van der Waals surface area contributed by atoms with E-state index in [2.05, 4.69) is 18.7 Å². The molecule has 0 saturated carbocycles. The van der Waals surface area contributed by atoms with E-state index in [1.165, 1.54) is 0 Å². The maximum absolute atomic E-state index is 12.1. The monoisotopic (exact) mass is 292 g/mol. The third-order valence-electron chi connectivity index (χ3n) is 3.60. The van der Waals surface area contributed by atoms with Crippen LogP contribution in [0, 0.1) is 0 Å². The summed E-state index contributed by atoms with van der Waals surface area (Å²) in [7, 11) is 0. The summed E-state index contributed by atoms with van der Waals surface area (Å²) in [6.45, 7) is 7.74. The van der Waals surface area contributed by atoms with Gasteiger partial charge in [-0.25, -0.2) is 0 Å². The second-order valence-corrected chi connectivity index (χ2v) is 5.72. The number of nitrogens with zero attached hydrogens (tertiary/aromatic N) is 2. The molecule has 1 aliphatic heterocycles. The topological polar surface area (TPSA) is 40.6 Å². The van der Waals surface area contributed by atoms with Crippen LogP contribution >= 0.6 is 11.8 Å². The number of benzene rings is 1. The second-order valence-electron chi connectivity index (χ2n) is 4.71. The number of likely N-dealkylation sites (N-methyl/N-ethyl adjacent to an activating group) is 1. The Labute approximate surface area is 124 Å². The molecule has 0 bridgehead atoms. The minimum atomic E-state index is 0.123. The Morgan fingerprint density at radius 3 is 2.75 bits per heavy atom. The fraction of sp³-hybridized carbons (Fsp3) is 0.467. The second kappa shape index (κ2) is 6.90. The van der Waals surface area contributed by atoms with E-state index in [1.54, 1.807) is 17.8 Å². The Kier molecular flexibility index (Phi) is 5.20. The standard InChI is InChI=1S/C15H20N2O2S/c1-3-16(4-2)7-8-17-13-9-12(10-18)5-6-14(13)20-11-15(17)19/h5-6,9-10H,3-4,7-8,11H2,1-2H3. The molecule has 0 aromatic heterocycles. The van der Waals surface area contributed by atoms with Gasteiger partial charge in [-0.15, -0.1) is 11.8 Å². The molecule has 0 fully saturated rings. The van der Waals surface area contributed by atoms with Crippen molar-refractivity contribution in [3.8, 4) is 0 Å². The molecule has 1 amide bonds. The Bertz CT molecular complexity index is 501. The molecule has 108 valence electrons. The molecule has 0 saturated heterocycles. The Morgan fingerprint density at radius 2 is 2.10 bits per heavy atom. The van der Waals surface area contributed by atoms with Gasteiger partial charge in [-0.2, -0.15) is 0 Å². The Balaban J connectivity index is 2.20. The fourth-order valence-corrected chi connectivity index (χ4v) is 3.23. The van der Waals surface area contributed by atoms with Gasteiger partial charge in [0.05, 0.1) is 11.4 Å². The highest BCUT2D eigenvalue weighted by molar-refractivity contribution is 8.00. The smallest absolute Gasteiger partial charge is 0.237 e. The van der Waals surface area contributed by atoms with Crippen molar-refractivity contribution in [3.05, 3.63) is 23.8 Å². The number of carbonyl (C=O) groups excluding carboxylic acids is 2. The van der Waals surface area contributed by atoms with Gasteiger partial charge in [-0.05, 0) is 25.2 Å². The van der Waals surface area contributed by atoms with Gasteiger partial charge in [-0.3, -0.25) is 9.59 Å². The third-order valence-corrected chi connectivity index (χ3v) is 4.64. The van der Waals surface area contributed by atoms with E-state index in [-0.39, 0.29) is 5.91 Å². The zero-order valence-corrected chi connectivity index (χ0v) is 12.8. The average molecular weight is 292 g/mol. The van der Waals surface area contributed by atoms with Crippen molar-refractivity contribution in [1.29, 1.82) is 0 Å². The lowest BCUT2D eigenvalue weighted by Crippen LogP contribution is -2.41. The van der Waals surface area contributed by atoms with Gasteiger partial charge in [0.15, 0.2) is 0 Å². The molecular weight excluding hydrogens is 272 g/mol. The molecule has 0 aliphatic carbocycles. The molecule has 0 N–H and O–H groups in total. The number of amides is 1. The highest BCUT2D eigenvalue weighted by Gasteiger charge is 2.25. The molecule has 1 aliphatic rings. The Hall–Kier alpha value is -1.33. The normalized spacial score (nSPS) is 14.6. The van der Waals surface area contributed by atoms with Crippen molar-refractivity contribution in [2.75, 3.05) is 36.8 Å². The molecule has 1 heterocycles. The van der Waals surface area contributed by atoms with Crippen LogP contribution in [0.3, 0.4) is 0 Å². The molecule has 0 unspecified atom stereocenters. The lowest BCUT2D eigenvalue weighted by molar-refractivity contribution is -0.116. The zero-order valence-electron chi connectivity index (χ0n) is 12.0. The summed E-state index contributed by atoms with van der Waals surface area (Å²) < 4.78 is 0. The maximum atomic E-state index is 12.1. The van der Waals surface area contributed by atoms with E-state index in [0.717, 1.165) is 36.5 Å². The van der Waals surface area contributed by atoms with E-state index in [4.69, 9.17) is 0 Å². The lowest BCUT2D eigenvalue weighted by Gasteiger charge is -2.31. The number of carbonyl (C=O) groups is 2. The fourth-order valence-electron chi connectivity index (χ4n) is 2.32. The third kappa shape index (κ3) is 3.22. The SMILES string of the molecule is CCN(CC)CCN1C(=O)CSc2ccc(C=O)cc21. The van der Waals surface area contributed by atoms with Gasteiger partial charge in [0, 0.05) is 23.5 Å². The summed E-state index contributed by atoms with van der Waals surface area (Å²) in [5.41, 5.74) is 1.50. The first kappa shape index (κ1) is 15.1. The number of hydrogen-bond donors (Lipinski definition) is 0. The van der Waals surface area contributed by atoms with Crippen molar-refractivity contribution >= 4 is 29.6 Å². The van der Waals surface area contributed by atoms with Crippen LogP contribution in [0.1, 0.15) is 24.2 Å². The van der Waals surface area contributed by atoms with E-state index in [1.807, 2.05) is 17.0 Å². The summed E-state index contributed by atoms with van der Waals surface area (Å²) in [5.74, 6) is 0.601. The first-order chi connectivity index (χ1) is 9.69. The number of fused-ring (bicyclic) bond motifs is 1. The van der Waals surface area contributed by atoms with Gasteiger partial charge < -0.3 is 9.80 Å². The first-order valence-corrected chi connectivity index (χ1v) is 7.92. The predicted octanol–water partition coefficient (Wildman–Crippen LogP) is 2.28. The van der Waals surface area contributed by atoms with Gasteiger partial charge in [0.25, 0.3) is 0 Å². The maximum Gasteiger partial charge on any atom is 0.237 e. The summed E-state index contributed by atoms with van der Waals surface area (Å²) in [6, 6.07) is 5.55.